The van der Waals surface area contributed by atoms with Crippen molar-refractivity contribution in [1.29, 1.82) is 0 Å². The first-order valence-corrected chi connectivity index (χ1v) is 8.79. The van der Waals surface area contributed by atoms with Crippen LogP contribution < -0.4 is 0 Å². The SMILES string of the molecule is CC(=O)c1cc(Cl)c(Cl)[nH]1.CC(=O)c1cc(Cl)c[nH]1.CC(=O)c1ccc[nH]1. The van der Waals surface area contributed by atoms with Crippen LogP contribution in [-0.4, -0.2) is 32.3 Å². The van der Waals surface area contributed by atoms with E-state index in [0.717, 1.165) is 0 Å². The molecular weight excluding hydrogens is 413 g/mol. The molecule has 3 aromatic heterocycles. The zero-order valence-electron chi connectivity index (χ0n) is 14.8. The van der Waals surface area contributed by atoms with E-state index in [1.54, 1.807) is 30.6 Å². The van der Waals surface area contributed by atoms with E-state index in [0.29, 0.717) is 32.3 Å². The van der Waals surface area contributed by atoms with Crippen LogP contribution in [0, 0.1) is 0 Å². The zero-order chi connectivity index (χ0) is 20.6. The molecule has 0 radical (unpaired) electrons. The quantitative estimate of drug-likeness (QED) is 0.471. The van der Waals surface area contributed by atoms with Gasteiger partial charge < -0.3 is 15.0 Å². The Morgan fingerprint density at radius 2 is 1.41 bits per heavy atom. The summed E-state index contributed by atoms with van der Waals surface area (Å²) in [5.74, 6) is 0.00528. The van der Waals surface area contributed by atoms with E-state index < -0.39 is 0 Å². The van der Waals surface area contributed by atoms with Crippen molar-refractivity contribution in [2.24, 2.45) is 0 Å². The maximum atomic E-state index is 10.7. The molecule has 144 valence electrons. The van der Waals surface area contributed by atoms with Gasteiger partial charge in [0.15, 0.2) is 17.3 Å². The fourth-order valence-corrected chi connectivity index (χ4v) is 2.19. The second kappa shape index (κ2) is 10.8. The lowest BCUT2D eigenvalue weighted by atomic mass is 10.3. The minimum Gasteiger partial charge on any atom is -0.359 e. The Kier molecular flexibility index (Phi) is 9.08. The van der Waals surface area contributed by atoms with Crippen LogP contribution in [0.2, 0.25) is 15.2 Å². The average Bonchev–Trinajstić information content (AvgIpc) is 3.31. The van der Waals surface area contributed by atoms with Gasteiger partial charge >= 0.3 is 0 Å². The number of hydrogen-bond acceptors (Lipinski definition) is 3. The van der Waals surface area contributed by atoms with Gasteiger partial charge in [-0.3, -0.25) is 14.4 Å². The maximum absolute atomic E-state index is 10.7. The number of carbonyl (C=O) groups is 3. The van der Waals surface area contributed by atoms with Crippen molar-refractivity contribution in [2.75, 3.05) is 0 Å². The number of ketones is 3. The van der Waals surface area contributed by atoms with Crippen molar-refractivity contribution in [2.45, 2.75) is 20.8 Å². The molecule has 0 bridgehead atoms. The van der Waals surface area contributed by atoms with Crippen molar-refractivity contribution in [3.05, 3.63) is 68.9 Å². The lowest BCUT2D eigenvalue weighted by molar-refractivity contribution is 0.100. The van der Waals surface area contributed by atoms with Crippen LogP contribution in [0.3, 0.4) is 0 Å². The minimum atomic E-state index is -0.0752. The molecule has 0 unspecified atom stereocenters. The molecule has 0 saturated carbocycles. The zero-order valence-corrected chi connectivity index (χ0v) is 17.1. The summed E-state index contributed by atoms with van der Waals surface area (Å²) < 4.78 is 0. The smallest absolute Gasteiger partial charge is 0.176 e. The summed E-state index contributed by atoms with van der Waals surface area (Å²) in [6.07, 6.45) is 3.31. The molecule has 0 spiro atoms. The van der Waals surface area contributed by atoms with Crippen LogP contribution in [-0.2, 0) is 0 Å². The van der Waals surface area contributed by atoms with Crippen LogP contribution >= 0.6 is 34.8 Å². The van der Waals surface area contributed by atoms with Crippen LogP contribution in [0.1, 0.15) is 52.2 Å². The molecule has 0 amide bonds. The summed E-state index contributed by atoms with van der Waals surface area (Å²) in [6.45, 7) is 4.46. The first kappa shape index (κ1) is 22.8. The highest BCUT2D eigenvalue weighted by Gasteiger charge is 2.06. The summed E-state index contributed by atoms with van der Waals surface area (Å²) >= 11 is 16.6. The summed E-state index contributed by atoms with van der Waals surface area (Å²) in [6, 6.07) is 6.66. The topological polar surface area (TPSA) is 98.6 Å². The van der Waals surface area contributed by atoms with Gasteiger partial charge in [-0.05, 0) is 24.3 Å². The van der Waals surface area contributed by atoms with Gasteiger partial charge in [-0.2, -0.15) is 0 Å². The molecule has 0 fully saturated rings. The third-order valence-electron chi connectivity index (χ3n) is 3.11. The van der Waals surface area contributed by atoms with Crippen LogP contribution in [0.25, 0.3) is 0 Å². The van der Waals surface area contributed by atoms with Crippen molar-refractivity contribution < 1.29 is 14.4 Å². The number of H-pyrrole nitrogens is 3. The van der Waals surface area contributed by atoms with Gasteiger partial charge in [-0.15, -0.1) is 0 Å². The van der Waals surface area contributed by atoms with Gasteiger partial charge in [-0.25, -0.2) is 0 Å². The fraction of sp³-hybridized carbons (Fsp3) is 0.167. The van der Waals surface area contributed by atoms with Gasteiger partial charge in [0.05, 0.1) is 27.1 Å². The summed E-state index contributed by atoms with van der Waals surface area (Å²) in [5.41, 5.74) is 1.67. The van der Waals surface area contributed by atoms with Crippen molar-refractivity contribution in [3.63, 3.8) is 0 Å². The number of halogens is 3. The molecule has 0 aliphatic carbocycles. The number of nitrogens with one attached hydrogen (secondary N) is 3. The second-order valence-electron chi connectivity index (χ2n) is 5.33. The average molecular weight is 431 g/mol. The summed E-state index contributed by atoms with van der Waals surface area (Å²) in [7, 11) is 0. The van der Waals surface area contributed by atoms with Gasteiger partial charge in [0.2, 0.25) is 0 Å². The molecule has 0 atom stereocenters. The van der Waals surface area contributed by atoms with E-state index in [-0.39, 0.29) is 17.3 Å². The number of carbonyl (C=O) groups excluding carboxylic acids is 3. The normalized spacial score (nSPS) is 9.56. The standard InChI is InChI=1S/C6H5Cl2NO.C6H6ClNO.C6H7NO/c1-3(10)5-2-4(7)6(8)9-5;1-4(9)6-2-5(7)3-8-6;1-5(8)6-3-2-4-7-6/h2,9H,1H3;2-3,8H,1H3;2-4,7H,1H3. The largest absolute Gasteiger partial charge is 0.359 e. The van der Waals surface area contributed by atoms with Gasteiger partial charge in [0.1, 0.15) is 5.15 Å². The Labute approximate surface area is 171 Å². The molecule has 0 aromatic carbocycles. The Morgan fingerprint density at radius 1 is 0.815 bits per heavy atom. The lowest BCUT2D eigenvalue weighted by Gasteiger charge is -1.83. The second-order valence-corrected chi connectivity index (χ2v) is 6.55. The number of hydrogen-bond donors (Lipinski definition) is 3. The summed E-state index contributed by atoms with van der Waals surface area (Å²) in [5, 5.41) is 1.26. The van der Waals surface area contributed by atoms with Gasteiger partial charge in [0.25, 0.3) is 0 Å². The fourth-order valence-electron chi connectivity index (χ4n) is 1.71. The Hall–Kier alpha value is -2.28. The molecule has 3 N–H and O–H groups in total. The number of aromatic nitrogens is 3. The Bertz CT molecular complexity index is 892. The van der Waals surface area contributed by atoms with E-state index in [4.69, 9.17) is 34.8 Å². The summed E-state index contributed by atoms with van der Waals surface area (Å²) in [4.78, 5) is 39.8. The van der Waals surface area contributed by atoms with Crippen molar-refractivity contribution in [3.8, 4) is 0 Å². The molecule has 6 nitrogen and oxygen atoms in total. The van der Waals surface area contributed by atoms with Crippen molar-refractivity contribution >= 4 is 52.2 Å². The predicted molar refractivity (Wildman–Crippen MR) is 107 cm³/mol. The van der Waals surface area contributed by atoms with Crippen LogP contribution in [0.5, 0.6) is 0 Å². The van der Waals surface area contributed by atoms with Crippen molar-refractivity contribution in [1.82, 2.24) is 15.0 Å². The van der Waals surface area contributed by atoms with Gasteiger partial charge in [-0.1, -0.05) is 34.8 Å². The minimum absolute atomic E-state index is 0.00176. The van der Waals surface area contributed by atoms with E-state index in [1.165, 1.54) is 26.8 Å². The van der Waals surface area contributed by atoms with E-state index in [9.17, 15) is 14.4 Å². The molecule has 27 heavy (non-hydrogen) atoms. The highest BCUT2D eigenvalue weighted by Crippen LogP contribution is 2.21. The Balaban J connectivity index is 0.000000204. The van der Waals surface area contributed by atoms with Crippen LogP contribution in [0.4, 0.5) is 0 Å². The molecule has 3 heterocycles. The highest BCUT2D eigenvalue weighted by atomic mass is 35.5. The molecule has 0 aliphatic heterocycles. The molecular formula is C18H18Cl3N3O3. The number of rotatable bonds is 3. The highest BCUT2D eigenvalue weighted by molar-refractivity contribution is 6.41. The van der Waals surface area contributed by atoms with Crippen LogP contribution in [0.15, 0.2) is 36.7 Å². The third kappa shape index (κ3) is 7.86. The molecule has 9 heteroatoms. The van der Waals surface area contributed by atoms with E-state index in [2.05, 4.69) is 15.0 Å². The first-order chi connectivity index (χ1) is 12.6. The van der Waals surface area contributed by atoms with E-state index >= 15 is 0 Å². The third-order valence-corrected chi connectivity index (χ3v) is 4.02. The first-order valence-electron chi connectivity index (χ1n) is 7.66. The molecule has 3 rings (SSSR count). The lowest BCUT2D eigenvalue weighted by Crippen LogP contribution is -1.89. The van der Waals surface area contributed by atoms with E-state index in [1.807, 2.05) is 0 Å². The molecule has 0 aliphatic rings. The maximum Gasteiger partial charge on any atom is 0.176 e. The molecule has 3 aromatic rings. The van der Waals surface area contributed by atoms with Gasteiger partial charge in [0, 0.05) is 33.2 Å². The number of aromatic amines is 3. The monoisotopic (exact) mass is 429 g/mol. The number of Topliss-reactive ketones (excluding diaryl/α,β-unsaturated/α-hetero) is 3. The predicted octanol–water partition coefficient (Wildman–Crippen LogP) is 5.61. The Morgan fingerprint density at radius 3 is 1.63 bits per heavy atom. The molecule has 0 saturated heterocycles.